The van der Waals surface area contributed by atoms with Gasteiger partial charge < -0.3 is 10.1 Å². The van der Waals surface area contributed by atoms with E-state index in [9.17, 15) is 0 Å². The molecule has 0 saturated carbocycles. The second-order valence-corrected chi connectivity index (χ2v) is 4.88. The van der Waals surface area contributed by atoms with Gasteiger partial charge in [0.25, 0.3) is 0 Å². The van der Waals surface area contributed by atoms with Crippen LogP contribution in [0, 0.1) is 6.92 Å². The van der Waals surface area contributed by atoms with Gasteiger partial charge in [0.05, 0.1) is 11.7 Å². The van der Waals surface area contributed by atoms with Crippen molar-refractivity contribution in [2.75, 3.05) is 0 Å². The number of hydrogen-bond donors (Lipinski definition) is 1. The number of benzene rings is 1. The smallest absolute Gasteiger partial charge is 0.117 e. The monoisotopic (exact) mass is 251 g/mol. The molecule has 19 heavy (non-hydrogen) atoms. The third-order valence-electron chi connectivity index (χ3n) is 3.35. The summed E-state index contributed by atoms with van der Waals surface area (Å²) >= 11 is 0. The van der Waals surface area contributed by atoms with Crippen LogP contribution in [0.25, 0.3) is 5.52 Å². The van der Waals surface area contributed by atoms with Gasteiger partial charge >= 0.3 is 0 Å². The van der Waals surface area contributed by atoms with E-state index in [0.29, 0.717) is 6.54 Å². The number of nitrogens with two attached hydrogens (primary N) is 1. The molecule has 2 N–H and O–H groups in total. The molecule has 0 aliphatic carbocycles. The van der Waals surface area contributed by atoms with E-state index in [1.165, 1.54) is 11.1 Å². The SMILES string of the molecule is Cc1cccc(Cc2ncc3ccc(CN)cn23)c1. The average molecular weight is 251 g/mol. The molecule has 1 aromatic carbocycles. The lowest BCUT2D eigenvalue weighted by molar-refractivity contribution is 0.938. The number of rotatable bonds is 3. The summed E-state index contributed by atoms with van der Waals surface area (Å²) in [6.07, 6.45) is 4.82. The maximum absolute atomic E-state index is 5.70. The minimum Gasteiger partial charge on any atom is -0.326 e. The Morgan fingerprint density at radius 2 is 2.05 bits per heavy atom. The van der Waals surface area contributed by atoms with Gasteiger partial charge in [-0.2, -0.15) is 0 Å². The first-order chi connectivity index (χ1) is 9.26. The van der Waals surface area contributed by atoms with Crippen molar-refractivity contribution < 1.29 is 0 Å². The Balaban J connectivity index is 2.00. The molecule has 2 aromatic heterocycles. The van der Waals surface area contributed by atoms with Crippen LogP contribution in [0.15, 0.2) is 48.8 Å². The van der Waals surface area contributed by atoms with Crippen molar-refractivity contribution in [1.29, 1.82) is 0 Å². The first-order valence-corrected chi connectivity index (χ1v) is 6.47. The Hall–Kier alpha value is -2.13. The number of hydrogen-bond acceptors (Lipinski definition) is 2. The Kier molecular flexibility index (Phi) is 3.05. The summed E-state index contributed by atoms with van der Waals surface area (Å²) in [4.78, 5) is 4.52. The number of aryl methyl sites for hydroxylation is 1. The fourth-order valence-electron chi connectivity index (χ4n) is 2.34. The molecule has 0 saturated heterocycles. The number of imidazole rings is 1. The molecule has 0 spiro atoms. The summed E-state index contributed by atoms with van der Waals surface area (Å²) in [6, 6.07) is 12.7. The standard InChI is InChI=1S/C16H17N3/c1-12-3-2-4-13(7-12)8-16-18-10-15-6-5-14(9-17)11-19(15)16/h2-7,10-11H,8-9,17H2,1H3. The van der Waals surface area contributed by atoms with Gasteiger partial charge in [-0.1, -0.05) is 35.9 Å². The van der Waals surface area contributed by atoms with Crippen molar-refractivity contribution in [3.8, 4) is 0 Å². The molecule has 0 unspecified atom stereocenters. The largest absolute Gasteiger partial charge is 0.326 e. The number of pyridine rings is 1. The van der Waals surface area contributed by atoms with Crippen LogP contribution >= 0.6 is 0 Å². The van der Waals surface area contributed by atoms with Gasteiger partial charge in [0.15, 0.2) is 0 Å². The van der Waals surface area contributed by atoms with Crippen LogP contribution in [0.5, 0.6) is 0 Å². The van der Waals surface area contributed by atoms with E-state index in [-0.39, 0.29) is 0 Å². The lowest BCUT2D eigenvalue weighted by Crippen LogP contribution is -2.01. The topological polar surface area (TPSA) is 43.3 Å². The molecule has 3 heteroatoms. The number of fused-ring (bicyclic) bond motifs is 1. The first kappa shape index (κ1) is 11.9. The summed E-state index contributed by atoms with van der Waals surface area (Å²) in [5.41, 5.74) is 10.5. The third-order valence-corrected chi connectivity index (χ3v) is 3.35. The summed E-state index contributed by atoms with van der Waals surface area (Å²) in [5.74, 6) is 1.05. The minimum absolute atomic E-state index is 0.554. The first-order valence-electron chi connectivity index (χ1n) is 6.47. The van der Waals surface area contributed by atoms with Gasteiger partial charge in [-0.05, 0) is 24.1 Å². The highest BCUT2D eigenvalue weighted by Gasteiger charge is 2.05. The summed E-state index contributed by atoms with van der Waals surface area (Å²) in [5, 5.41) is 0. The lowest BCUT2D eigenvalue weighted by atomic mass is 10.1. The van der Waals surface area contributed by atoms with Gasteiger partial charge in [-0.25, -0.2) is 4.98 Å². The van der Waals surface area contributed by atoms with E-state index in [2.05, 4.69) is 52.8 Å². The molecular weight excluding hydrogens is 234 g/mol. The highest BCUT2D eigenvalue weighted by atomic mass is 15.0. The van der Waals surface area contributed by atoms with Crippen LogP contribution in [0.4, 0.5) is 0 Å². The van der Waals surface area contributed by atoms with Crippen LogP contribution in [-0.4, -0.2) is 9.38 Å². The zero-order valence-corrected chi connectivity index (χ0v) is 11.0. The zero-order valence-electron chi connectivity index (χ0n) is 11.0. The molecule has 3 rings (SSSR count). The molecule has 0 bridgehead atoms. The normalized spacial score (nSPS) is 11.1. The predicted molar refractivity (Wildman–Crippen MR) is 77.1 cm³/mol. The Morgan fingerprint density at radius 3 is 2.84 bits per heavy atom. The Morgan fingerprint density at radius 1 is 1.16 bits per heavy atom. The average Bonchev–Trinajstić information content (AvgIpc) is 2.81. The van der Waals surface area contributed by atoms with Crippen molar-refractivity contribution in [2.24, 2.45) is 5.73 Å². The second-order valence-electron chi connectivity index (χ2n) is 4.88. The lowest BCUT2D eigenvalue weighted by Gasteiger charge is -2.04. The molecule has 0 amide bonds. The fraction of sp³-hybridized carbons (Fsp3) is 0.188. The van der Waals surface area contributed by atoms with E-state index < -0.39 is 0 Å². The van der Waals surface area contributed by atoms with Crippen LogP contribution in [-0.2, 0) is 13.0 Å². The van der Waals surface area contributed by atoms with Crippen molar-refractivity contribution in [2.45, 2.75) is 19.9 Å². The maximum atomic E-state index is 5.70. The van der Waals surface area contributed by atoms with Crippen molar-refractivity contribution in [3.05, 3.63) is 71.3 Å². The molecule has 0 aliphatic rings. The molecule has 3 nitrogen and oxygen atoms in total. The van der Waals surface area contributed by atoms with Crippen LogP contribution in [0.1, 0.15) is 22.5 Å². The quantitative estimate of drug-likeness (QED) is 0.777. The van der Waals surface area contributed by atoms with Crippen molar-refractivity contribution >= 4 is 5.52 Å². The van der Waals surface area contributed by atoms with E-state index >= 15 is 0 Å². The fourth-order valence-corrected chi connectivity index (χ4v) is 2.34. The summed E-state index contributed by atoms with van der Waals surface area (Å²) in [7, 11) is 0. The maximum Gasteiger partial charge on any atom is 0.117 e. The third kappa shape index (κ3) is 2.37. The molecular formula is C16H17N3. The molecule has 3 aromatic rings. The van der Waals surface area contributed by atoms with Crippen molar-refractivity contribution in [3.63, 3.8) is 0 Å². The number of nitrogens with zero attached hydrogens (tertiary/aromatic N) is 2. The molecule has 0 aliphatic heterocycles. The highest BCUT2D eigenvalue weighted by molar-refractivity contribution is 5.47. The van der Waals surface area contributed by atoms with Gasteiger partial charge in [0, 0.05) is 19.2 Å². The molecule has 0 radical (unpaired) electrons. The van der Waals surface area contributed by atoms with E-state index in [1.807, 2.05) is 12.3 Å². The van der Waals surface area contributed by atoms with Crippen molar-refractivity contribution in [1.82, 2.24) is 9.38 Å². The van der Waals surface area contributed by atoms with Gasteiger partial charge in [0.1, 0.15) is 5.82 Å². The van der Waals surface area contributed by atoms with E-state index in [4.69, 9.17) is 5.73 Å². The van der Waals surface area contributed by atoms with Gasteiger partial charge in [0.2, 0.25) is 0 Å². The van der Waals surface area contributed by atoms with Crippen LogP contribution < -0.4 is 5.73 Å². The Bertz CT molecular complexity index is 713. The second kappa shape index (κ2) is 4.86. The van der Waals surface area contributed by atoms with E-state index in [0.717, 1.165) is 23.3 Å². The molecule has 0 atom stereocenters. The summed E-state index contributed by atoms with van der Waals surface area (Å²) < 4.78 is 2.13. The van der Waals surface area contributed by atoms with Gasteiger partial charge in [-0.3, -0.25) is 0 Å². The number of aromatic nitrogens is 2. The molecule has 2 heterocycles. The predicted octanol–water partition coefficient (Wildman–Crippen LogP) is 2.69. The zero-order chi connectivity index (χ0) is 13.2. The summed E-state index contributed by atoms with van der Waals surface area (Å²) in [6.45, 7) is 2.66. The van der Waals surface area contributed by atoms with Crippen LogP contribution in [0.2, 0.25) is 0 Å². The Labute approximate surface area is 112 Å². The molecule has 96 valence electrons. The van der Waals surface area contributed by atoms with E-state index in [1.54, 1.807) is 0 Å². The minimum atomic E-state index is 0.554. The van der Waals surface area contributed by atoms with Crippen LogP contribution in [0.3, 0.4) is 0 Å². The van der Waals surface area contributed by atoms with Gasteiger partial charge in [-0.15, -0.1) is 0 Å². The highest BCUT2D eigenvalue weighted by Crippen LogP contribution is 2.14. The molecule has 0 fully saturated rings.